The van der Waals surface area contributed by atoms with Crippen molar-refractivity contribution in [1.82, 2.24) is 4.90 Å². The normalized spacial score (nSPS) is 22.9. The molecule has 0 amide bonds. The molecule has 0 saturated carbocycles. The van der Waals surface area contributed by atoms with Crippen molar-refractivity contribution in [2.75, 3.05) is 13.1 Å². The summed E-state index contributed by atoms with van der Waals surface area (Å²) in [4.78, 5) is 3.11. The van der Waals surface area contributed by atoms with Crippen LogP contribution in [-0.4, -0.2) is 22.8 Å². The van der Waals surface area contributed by atoms with Gasteiger partial charge in [0.25, 0.3) is 0 Å². The number of halogens is 2. The molecule has 0 aliphatic carbocycles. The lowest BCUT2D eigenvalue weighted by atomic mass is 10.1. The molecule has 1 fully saturated rings. The lowest BCUT2D eigenvalue weighted by molar-refractivity contribution is 0.228. The number of likely N-dealkylation sites (tertiary alicyclic amines) is 1. The van der Waals surface area contributed by atoms with E-state index in [9.17, 15) is 0 Å². The Balaban J connectivity index is 1.99. The number of nitrogens with zero attached hydrogens (tertiary/aromatic N) is 1. The van der Waals surface area contributed by atoms with Crippen LogP contribution >= 0.6 is 27.5 Å². The Hall–Kier alpha value is -0.0500. The topological polar surface area (TPSA) is 3.24 Å². The number of rotatable bonds is 2. The van der Waals surface area contributed by atoms with Crippen molar-refractivity contribution in [2.45, 2.75) is 24.2 Å². The molecule has 1 unspecified atom stereocenters. The van der Waals surface area contributed by atoms with E-state index in [0.29, 0.717) is 4.83 Å². The summed E-state index contributed by atoms with van der Waals surface area (Å²) >= 11 is 9.83. The molecule has 1 aliphatic rings. The van der Waals surface area contributed by atoms with Gasteiger partial charge in [-0.3, -0.25) is 4.90 Å². The summed E-state index contributed by atoms with van der Waals surface area (Å²) < 4.78 is 0. The van der Waals surface area contributed by atoms with Crippen molar-refractivity contribution in [3.05, 3.63) is 34.9 Å². The fraction of sp³-hybridized carbons (Fsp3) is 0.500. The number of benzene rings is 1. The van der Waals surface area contributed by atoms with E-state index in [-0.39, 0.29) is 0 Å². The number of hydrogen-bond acceptors (Lipinski definition) is 1. The van der Waals surface area contributed by atoms with E-state index in [1.807, 2.05) is 12.1 Å². The summed E-state index contributed by atoms with van der Waals surface area (Å²) in [6.45, 7) is 3.29. The highest BCUT2D eigenvalue weighted by Crippen LogP contribution is 2.21. The minimum absolute atomic E-state index is 0.647. The fourth-order valence-corrected chi connectivity index (χ4v) is 2.94. The molecule has 0 radical (unpaired) electrons. The average molecular weight is 289 g/mol. The van der Waals surface area contributed by atoms with Crippen molar-refractivity contribution in [3.8, 4) is 0 Å². The van der Waals surface area contributed by atoms with Gasteiger partial charge in [0.2, 0.25) is 0 Å². The monoisotopic (exact) mass is 287 g/mol. The van der Waals surface area contributed by atoms with Crippen LogP contribution in [0, 0.1) is 0 Å². The van der Waals surface area contributed by atoms with Gasteiger partial charge >= 0.3 is 0 Å². The van der Waals surface area contributed by atoms with Gasteiger partial charge in [-0.2, -0.15) is 0 Å². The van der Waals surface area contributed by atoms with Gasteiger partial charge in [0.15, 0.2) is 0 Å². The molecule has 1 aromatic rings. The summed E-state index contributed by atoms with van der Waals surface area (Å²) in [5.74, 6) is 0. The van der Waals surface area contributed by atoms with Crippen molar-refractivity contribution in [2.24, 2.45) is 0 Å². The second-order valence-electron chi connectivity index (χ2n) is 4.07. The second kappa shape index (κ2) is 5.33. The zero-order valence-electron chi connectivity index (χ0n) is 8.63. The first kappa shape index (κ1) is 11.4. The van der Waals surface area contributed by atoms with Gasteiger partial charge in [-0.25, -0.2) is 0 Å². The summed E-state index contributed by atoms with van der Waals surface area (Å²) in [6, 6.07) is 8.11. The van der Waals surface area contributed by atoms with Crippen LogP contribution in [0.2, 0.25) is 5.02 Å². The van der Waals surface area contributed by atoms with E-state index < -0.39 is 0 Å². The predicted octanol–water partition coefficient (Wildman–Crippen LogP) is 3.70. The molecular formula is C12H15BrClN. The van der Waals surface area contributed by atoms with Gasteiger partial charge in [-0.05, 0) is 31.0 Å². The molecule has 1 heterocycles. The number of alkyl halides is 1. The van der Waals surface area contributed by atoms with E-state index in [1.54, 1.807) is 0 Å². The van der Waals surface area contributed by atoms with Crippen molar-refractivity contribution >= 4 is 27.5 Å². The van der Waals surface area contributed by atoms with Crippen molar-refractivity contribution in [3.63, 3.8) is 0 Å². The zero-order chi connectivity index (χ0) is 10.7. The molecule has 0 aromatic heterocycles. The Morgan fingerprint density at radius 1 is 1.40 bits per heavy atom. The third-order valence-electron chi connectivity index (χ3n) is 2.80. The summed E-state index contributed by atoms with van der Waals surface area (Å²) in [6.07, 6.45) is 2.57. The Kier molecular flexibility index (Phi) is 4.06. The lowest BCUT2D eigenvalue weighted by Gasteiger charge is -2.30. The molecule has 0 spiro atoms. The van der Waals surface area contributed by atoms with Crippen LogP contribution in [0.3, 0.4) is 0 Å². The van der Waals surface area contributed by atoms with Crippen LogP contribution in [-0.2, 0) is 6.54 Å². The smallest absolute Gasteiger partial charge is 0.0451 e. The molecule has 1 aliphatic heterocycles. The van der Waals surface area contributed by atoms with E-state index in [0.717, 1.165) is 18.1 Å². The first-order valence-electron chi connectivity index (χ1n) is 5.35. The maximum absolute atomic E-state index is 6.14. The quantitative estimate of drug-likeness (QED) is 0.750. The minimum atomic E-state index is 0.647. The van der Waals surface area contributed by atoms with E-state index in [4.69, 9.17) is 11.6 Å². The molecule has 1 saturated heterocycles. The highest BCUT2D eigenvalue weighted by atomic mass is 79.9. The first-order chi connectivity index (χ1) is 7.25. The van der Waals surface area contributed by atoms with Crippen LogP contribution < -0.4 is 0 Å². The fourth-order valence-electron chi connectivity index (χ4n) is 2.01. The largest absolute Gasteiger partial charge is 0.298 e. The van der Waals surface area contributed by atoms with Gasteiger partial charge in [-0.15, -0.1) is 0 Å². The van der Waals surface area contributed by atoms with Gasteiger partial charge in [0, 0.05) is 22.9 Å². The Morgan fingerprint density at radius 3 is 2.93 bits per heavy atom. The molecule has 3 heteroatoms. The lowest BCUT2D eigenvalue weighted by Crippen LogP contribution is -2.35. The van der Waals surface area contributed by atoms with Gasteiger partial charge in [0.05, 0.1) is 0 Å². The highest BCUT2D eigenvalue weighted by molar-refractivity contribution is 9.09. The SMILES string of the molecule is Clc1ccccc1CN1CCCC(Br)C1. The number of hydrogen-bond donors (Lipinski definition) is 0. The van der Waals surface area contributed by atoms with E-state index in [2.05, 4.69) is 33.0 Å². The maximum atomic E-state index is 6.14. The molecule has 15 heavy (non-hydrogen) atoms. The summed E-state index contributed by atoms with van der Waals surface area (Å²) in [7, 11) is 0. The molecule has 1 nitrogen and oxygen atoms in total. The summed E-state index contributed by atoms with van der Waals surface area (Å²) in [5, 5.41) is 0.884. The molecule has 2 rings (SSSR count). The molecule has 0 N–H and O–H groups in total. The Morgan fingerprint density at radius 2 is 2.20 bits per heavy atom. The summed E-state index contributed by atoms with van der Waals surface area (Å²) in [5.41, 5.74) is 1.24. The third-order valence-corrected chi connectivity index (χ3v) is 3.92. The zero-order valence-corrected chi connectivity index (χ0v) is 11.0. The highest BCUT2D eigenvalue weighted by Gasteiger charge is 2.17. The average Bonchev–Trinajstić information content (AvgIpc) is 2.22. The van der Waals surface area contributed by atoms with Crippen LogP contribution in [0.4, 0.5) is 0 Å². The number of piperidine rings is 1. The second-order valence-corrected chi connectivity index (χ2v) is 5.77. The first-order valence-corrected chi connectivity index (χ1v) is 6.65. The molecule has 1 aromatic carbocycles. The van der Waals surface area contributed by atoms with Crippen LogP contribution in [0.25, 0.3) is 0 Å². The molecule has 82 valence electrons. The molecule has 1 atom stereocenters. The Labute approximate surface area is 105 Å². The van der Waals surface area contributed by atoms with Crippen LogP contribution in [0.15, 0.2) is 24.3 Å². The minimum Gasteiger partial charge on any atom is -0.298 e. The van der Waals surface area contributed by atoms with Gasteiger partial charge in [0.1, 0.15) is 0 Å². The Bertz CT molecular complexity index is 329. The van der Waals surface area contributed by atoms with E-state index >= 15 is 0 Å². The van der Waals surface area contributed by atoms with Crippen LogP contribution in [0.1, 0.15) is 18.4 Å². The van der Waals surface area contributed by atoms with Crippen molar-refractivity contribution < 1.29 is 0 Å². The third kappa shape index (κ3) is 3.20. The van der Waals surface area contributed by atoms with Gasteiger partial charge < -0.3 is 0 Å². The van der Waals surface area contributed by atoms with Crippen molar-refractivity contribution in [1.29, 1.82) is 0 Å². The molecular weight excluding hydrogens is 273 g/mol. The predicted molar refractivity (Wildman–Crippen MR) is 68.7 cm³/mol. The molecule has 0 bridgehead atoms. The van der Waals surface area contributed by atoms with Gasteiger partial charge in [-0.1, -0.05) is 45.7 Å². The maximum Gasteiger partial charge on any atom is 0.0451 e. The standard InChI is InChI=1S/C12H15BrClN/c13-11-5-3-7-15(9-11)8-10-4-1-2-6-12(10)14/h1-2,4,6,11H,3,5,7-9H2. The van der Waals surface area contributed by atoms with Crippen LogP contribution in [0.5, 0.6) is 0 Å². The van der Waals surface area contributed by atoms with E-state index in [1.165, 1.54) is 24.9 Å².